The van der Waals surface area contributed by atoms with Crippen molar-refractivity contribution in [2.24, 2.45) is 0 Å². The summed E-state index contributed by atoms with van der Waals surface area (Å²) in [4.78, 5) is 30.0. The molecule has 1 amide bonds. The van der Waals surface area contributed by atoms with E-state index >= 15 is 0 Å². The molecule has 0 aliphatic rings. The Bertz CT molecular complexity index is 1420. The maximum atomic E-state index is 13.1. The van der Waals surface area contributed by atoms with E-state index in [-0.39, 0.29) is 28.7 Å². The topological polar surface area (TPSA) is 94.7 Å². The van der Waals surface area contributed by atoms with Crippen LogP contribution in [0.5, 0.6) is 0 Å². The van der Waals surface area contributed by atoms with Gasteiger partial charge in [-0.15, -0.1) is 0 Å². The fraction of sp³-hybridized carbons (Fsp3) is 0.261. The molecule has 0 fully saturated rings. The zero-order valence-electron chi connectivity index (χ0n) is 18.8. The third-order valence-electron chi connectivity index (χ3n) is 5.32. The van der Waals surface area contributed by atoms with Gasteiger partial charge in [0.15, 0.2) is 5.65 Å². The average molecular weight is 470 g/mol. The first-order valence-electron chi connectivity index (χ1n) is 10.4. The summed E-state index contributed by atoms with van der Waals surface area (Å²) in [6, 6.07) is 6.35. The van der Waals surface area contributed by atoms with E-state index in [1.165, 1.54) is 36.9 Å². The Balaban J connectivity index is 1.61. The van der Waals surface area contributed by atoms with E-state index in [1.54, 1.807) is 16.9 Å². The number of aromatic nitrogens is 5. The van der Waals surface area contributed by atoms with E-state index < -0.39 is 23.4 Å². The monoisotopic (exact) mass is 470 g/mol. The Kier molecular flexibility index (Phi) is 5.72. The van der Waals surface area contributed by atoms with Crippen molar-refractivity contribution < 1.29 is 22.8 Å². The molecule has 1 N–H and O–H groups in total. The lowest BCUT2D eigenvalue weighted by molar-refractivity contribution is -0.137. The maximum absolute atomic E-state index is 13.1. The van der Waals surface area contributed by atoms with Crippen LogP contribution >= 0.6 is 0 Å². The molecule has 0 bridgehead atoms. The van der Waals surface area contributed by atoms with Crippen molar-refractivity contribution in [3.8, 4) is 5.69 Å². The van der Waals surface area contributed by atoms with E-state index in [0.717, 1.165) is 12.1 Å². The first kappa shape index (κ1) is 23.1. The van der Waals surface area contributed by atoms with E-state index in [0.29, 0.717) is 16.7 Å². The molecule has 3 heterocycles. The summed E-state index contributed by atoms with van der Waals surface area (Å²) in [6.07, 6.45) is -1.47. The second-order valence-corrected chi connectivity index (χ2v) is 8.11. The van der Waals surface area contributed by atoms with Crippen molar-refractivity contribution in [3.63, 3.8) is 0 Å². The van der Waals surface area contributed by atoms with Crippen molar-refractivity contribution in [1.82, 2.24) is 24.5 Å². The minimum absolute atomic E-state index is 0.0246. The predicted octanol–water partition coefficient (Wildman–Crippen LogP) is 4.65. The van der Waals surface area contributed by atoms with Crippen molar-refractivity contribution in [2.75, 3.05) is 5.32 Å². The highest BCUT2D eigenvalue weighted by Crippen LogP contribution is 2.31. The molecular weight excluding hydrogens is 449 g/mol. The molecule has 0 saturated carbocycles. The number of alkyl halides is 3. The number of nitrogens with one attached hydrogen (secondary N) is 1. The highest BCUT2D eigenvalue weighted by Gasteiger charge is 2.31. The minimum atomic E-state index is -4.52. The quantitative estimate of drug-likeness (QED) is 0.338. The Morgan fingerprint density at radius 2 is 1.82 bits per heavy atom. The minimum Gasteiger partial charge on any atom is -0.318 e. The first-order valence-corrected chi connectivity index (χ1v) is 10.4. The molecule has 0 radical (unpaired) electrons. The van der Waals surface area contributed by atoms with Crippen LogP contribution in [0.4, 0.5) is 18.9 Å². The van der Waals surface area contributed by atoms with Crippen LogP contribution in [0.1, 0.15) is 47.2 Å². The number of ketones is 1. The van der Waals surface area contributed by atoms with Crippen LogP contribution < -0.4 is 5.32 Å². The number of nitrogens with zero attached hydrogens (tertiary/aromatic N) is 5. The number of anilines is 1. The third kappa shape index (κ3) is 4.16. The molecule has 1 aromatic carbocycles. The van der Waals surface area contributed by atoms with Gasteiger partial charge >= 0.3 is 6.18 Å². The number of halogens is 3. The Morgan fingerprint density at radius 3 is 2.50 bits per heavy atom. The summed E-state index contributed by atoms with van der Waals surface area (Å²) in [6.45, 7) is 6.97. The standard InChI is InChI=1S/C23H21F3N6O2/c1-12(2)31-21-15(10-28-31)8-17(11-27-21)29-22(34)20(33)19-13(3)30-32(14(19)4)18-7-5-6-16(9-18)23(24,25)26/h5-12H,1-4H3,(H,29,34). The maximum Gasteiger partial charge on any atom is 0.416 e. The molecule has 0 unspecified atom stereocenters. The Morgan fingerprint density at radius 1 is 1.09 bits per heavy atom. The number of amides is 1. The van der Waals surface area contributed by atoms with E-state index in [1.807, 2.05) is 13.8 Å². The Labute approximate surface area is 192 Å². The number of Topliss-reactive ketones (excluding diaryl/α,β-unsaturated/α-hetero) is 1. The molecule has 4 aromatic rings. The second kappa shape index (κ2) is 8.40. The molecule has 8 nitrogen and oxygen atoms in total. The average Bonchev–Trinajstić information content (AvgIpc) is 3.33. The summed E-state index contributed by atoms with van der Waals surface area (Å²) in [5.41, 5.74) is 0.754. The van der Waals surface area contributed by atoms with Gasteiger partial charge in [-0.05, 0) is 52.0 Å². The molecule has 0 spiro atoms. The fourth-order valence-electron chi connectivity index (χ4n) is 3.72. The summed E-state index contributed by atoms with van der Waals surface area (Å²) in [7, 11) is 0. The van der Waals surface area contributed by atoms with E-state index in [4.69, 9.17) is 0 Å². The second-order valence-electron chi connectivity index (χ2n) is 8.11. The lowest BCUT2D eigenvalue weighted by Gasteiger charge is -2.10. The summed E-state index contributed by atoms with van der Waals surface area (Å²) in [5, 5.41) is 11.7. The van der Waals surface area contributed by atoms with Crippen molar-refractivity contribution in [2.45, 2.75) is 39.9 Å². The molecule has 3 aromatic heterocycles. The number of pyridine rings is 1. The van der Waals surface area contributed by atoms with Crippen LogP contribution in [0.2, 0.25) is 0 Å². The molecule has 4 rings (SSSR count). The van der Waals surface area contributed by atoms with Crippen LogP contribution in [0.3, 0.4) is 0 Å². The van der Waals surface area contributed by atoms with E-state index in [2.05, 4.69) is 20.5 Å². The fourth-order valence-corrected chi connectivity index (χ4v) is 3.72. The lowest BCUT2D eigenvalue weighted by atomic mass is 10.1. The van der Waals surface area contributed by atoms with Crippen molar-refractivity contribution in [3.05, 3.63) is 65.2 Å². The molecule has 0 atom stereocenters. The van der Waals surface area contributed by atoms with Gasteiger partial charge in [0.25, 0.3) is 11.7 Å². The summed E-state index contributed by atoms with van der Waals surface area (Å²) >= 11 is 0. The largest absolute Gasteiger partial charge is 0.416 e. The highest BCUT2D eigenvalue weighted by molar-refractivity contribution is 6.47. The molecule has 34 heavy (non-hydrogen) atoms. The van der Waals surface area contributed by atoms with Crippen LogP contribution in [-0.4, -0.2) is 36.2 Å². The van der Waals surface area contributed by atoms with Gasteiger partial charge in [0, 0.05) is 11.4 Å². The number of carbonyl (C=O) groups excluding carboxylic acids is 2. The lowest BCUT2D eigenvalue weighted by Crippen LogP contribution is -2.24. The van der Waals surface area contributed by atoms with Gasteiger partial charge in [-0.25, -0.2) is 14.3 Å². The number of fused-ring (bicyclic) bond motifs is 1. The summed E-state index contributed by atoms with van der Waals surface area (Å²) in [5.74, 6) is -1.77. The predicted molar refractivity (Wildman–Crippen MR) is 119 cm³/mol. The van der Waals surface area contributed by atoms with Gasteiger partial charge in [-0.1, -0.05) is 6.07 Å². The van der Waals surface area contributed by atoms with Crippen LogP contribution in [0, 0.1) is 13.8 Å². The summed E-state index contributed by atoms with van der Waals surface area (Å²) < 4.78 is 42.3. The molecule has 11 heteroatoms. The first-order chi connectivity index (χ1) is 16.0. The zero-order valence-corrected chi connectivity index (χ0v) is 18.8. The number of hydrogen-bond donors (Lipinski definition) is 1. The van der Waals surface area contributed by atoms with Crippen LogP contribution in [0.15, 0.2) is 42.7 Å². The SMILES string of the molecule is Cc1nn(-c2cccc(C(F)(F)F)c2)c(C)c1C(=O)C(=O)Nc1cnc2c(cnn2C(C)C)c1. The number of hydrogen-bond acceptors (Lipinski definition) is 5. The van der Waals surface area contributed by atoms with Gasteiger partial charge in [0.2, 0.25) is 0 Å². The molecular formula is C23H21F3N6O2. The van der Waals surface area contributed by atoms with E-state index in [9.17, 15) is 22.8 Å². The van der Waals surface area contributed by atoms with Crippen LogP contribution in [-0.2, 0) is 11.0 Å². The number of aryl methyl sites for hydroxylation is 1. The van der Waals surface area contributed by atoms with Gasteiger partial charge in [0.1, 0.15) is 0 Å². The third-order valence-corrected chi connectivity index (χ3v) is 5.32. The van der Waals surface area contributed by atoms with Crippen molar-refractivity contribution >= 4 is 28.4 Å². The number of carbonyl (C=O) groups is 2. The van der Waals surface area contributed by atoms with Crippen molar-refractivity contribution in [1.29, 1.82) is 0 Å². The Hall–Kier alpha value is -4.02. The number of benzene rings is 1. The zero-order chi connectivity index (χ0) is 24.8. The molecule has 0 aliphatic heterocycles. The molecule has 176 valence electrons. The normalized spacial score (nSPS) is 11.9. The van der Waals surface area contributed by atoms with Gasteiger partial charge in [0.05, 0.1) is 46.3 Å². The smallest absolute Gasteiger partial charge is 0.318 e. The molecule has 0 saturated heterocycles. The van der Waals surface area contributed by atoms with Gasteiger partial charge in [-0.2, -0.15) is 23.4 Å². The van der Waals surface area contributed by atoms with Gasteiger partial charge in [-0.3, -0.25) is 9.59 Å². The number of rotatable bonds is 5. The van der Waals surface area contributed by atoms with Gasteiger partial charge < -0.3 is 5.32 Å². The highest BCUT2D eigenvalue weighted by atomic mass is 19.4. The van der Waals surface area contributed by atoms with Crippen LogP contribution in [0.25, 0.3) is 16.7 Å². The molecule has 0 aliphatic carbocycles.